The molecule has 0 aliphatic carbocycles. The van der Waals surface area contributed by atoms with Crippen molar-refractivity contribution < 1.29 is 13.9 Å². The number of ether oxygens (including phenoxy) is 1. The first kappa shape index (κ1) is 22.9. The highest BCUT2D eigenvalue weighted by atomic mass is 32.1. The second-order valence-corrected chi connectivity index (χ2v) is 10.4. The minimum atomic E-state index is -0.582. The summed E-state index contributed by atoms with van der Waals surface area (Å²) in [5.41, 5.74) is 9.29. The Morgan fingerprint density at radius 1 is 1.19 bits per heavy atom. The third-order valence-corrected chi connectivity index (χ3v) is 8.04. The molecule has 2 aliphatic heterocycles. The molecule has 0 saturated carbocycles. The van der Waals surface area contributed by atoms with Crippen LogP contribution in [-0.2, 0) is 4.74 Å². The molecule has 2 aromatic carbocycles. The number of rotatable bonds is 4. The molecule has 36 heavy (non-hydrogen) atoms. The van der Waals surface area contributed by atoms with E-state index in [4.69, 9.17) is 15.7 Å². The van der Waals surface area contributed by atoms with Crippen molar-refractivity contribution in [1.82, 2.24) is 14.7 Å². The fraction of sp³-hybridized carbons (Fsp3) is 0.296. The third-order valence-electron chi connectivity index (χ3n) is 6.87. The van der Waals surface area contributed by atoms with Crippen LogP contribution in [0.1, 0.15) is 34.1 Å². The van der Waals surface area contributed by atoms with Crippen molar-refractivity contribution in [3.8, 4) is 27.6 Å². The zero-order chi connectivity index (χ0) is 24.8. The number of halogens is 1. The summed E-state index contributed by atoms with van der Waals surface area (Å²) in [6.07, 6.45) is 3.81. The Bertz CT molecular complexity index is 1520. The van der Waals surface area contributed by atoms with Crippen LogP contribution in [0.3, 0.4) is 0 Å². The average Bonchev–Trinajstić information content (AvgIpc) is 3.46. The summed E-state index contributed by atoms with van der Waals surface area (Å²) in [7, 11) is 0. The van der Waals surface area contributed by atoms with E-state index in [1.165, 1.54) is 23.5 Å². The van der Waals surface area contributed by atoms with E-state index < -0.39 is 5.82 Å². The van der Waals surface area contributed by atoms with Crippen LogP contribution in [0.5, 0.6) is 0 Å². The van der Waals surface area contributed by atoms with Gasteiger partial charge in [0.2, 0.25) is 0 Å². The summed E-state index contributed by atoms with van der Waals surface area (Å²) in [6.45, 7) is 2.52. The monoisotopic (exact) mass is 501 g/mol. The Labute approximate surface area is 211 Å². The van der Waals surface area contributed by atoms with Crippen molar-refractivity contribution in [3.63, 3.8) is 0 Å². The maximum atomic E-state index is 14.6. The molecule has 2 N–H and O–H groups in total. The number of fused-ring (bicyclic) bond motifs is 1. The van der Waals surface area contributed by atoms with Crippen LogP contribution >= 0.6 is 11.3 Å². The molecular weight excluding hydrogens is 477 g/mol. The summed E-state index contributed by atoms with van der Waals surface area (Å²) in [5, 5.41) is 14.8. The van der Waals surface area contributed by atoms with Crippen molar-refractivity contribution >= 4 is 28.1 Å². The third kappa shape index (κ3) is 4.07. The van der Waals surface area contributed by atoms with Crippen LogP contribution in [0.4, 0.5) is 4.39 Å². The van der Waals surface area contributed by atoms with Crippen molar-refractivity contribution in [2.24, 2.45) is 5.73 Å². The molecule has 4 heterocycles. The highest BCUT2D eigenvalue weighted by molar-refractivity contribution is 7.18. The number of hydrogen-bond donors (Lipinski definition) is 1. The number of amides is 1. The van der Waals surface area contributed by atoms with E-state index in [0.717, 1.165) is 39.7 Å². The van der Waals surface area contributed by atoms with Gasteiger partial charge in [-0.15, -0.1) is 11.3 Å². The summed E-state index contributed by atoms with van der Waals surface area (Å²) in [4.78, 5) is 16.7. The molecule has 2 aliphatic rings. The van der Waals surface area contributed by atoms with Crippen LogP contribution in [0.15, 0.2) is 48.7 Å². The van der Waals surface area contributed by atoms with Crippen molar-refractivity contribution in [2.75, 3.05) is 26.3 Å². The highest BCUT2D eigenvalue weighted by Crippen LogP contribution is 2.41. The fourth-order valence-corrected chi connectivity index (χ4v) is 5.94. The first-order chi connectivity index (χ1) is 17.5. The number of nitrogens with zero attached hydrogens (tertiary/aromatic N) is 4. The maximum absolute atomic E-state index is 14.6. The maximum Gasteiger partial charge on any atom is 0.264 e. The van der Waals surface area contributed by atoms with E-state index in [1.807, 2.05) is 35.1 Å². The van der Waals surface area contributed by atoms with Gasteiger partial charge in [0.05, 0.1) is 35.2 Å². The molecule has 6 rings (SSSR count). The molecule has 2 aromatic heterocycles. The molecular formula is C27H24FN5O2S. The van der Waals surface area contributed by atoms with E-state index in [9.17, 15) is 9.18 Å². The highest BCUT2D eigenvalue weighted by Gasteiger charge is 2.26. The van der Waals surface area contributed by atoms with Crippen molar-refractivity contribution in [1.29, 1.82) is 5.26 Å². The quantitative estimate of drug-likeness (QED) is 0.442. The molecule has 1 amide bonds. The summed E-state index contributed by atoms with van der Waals surface area (Å²) < 4.78 is 21.8. The van der Waals surface area contributed by atoms with Crippen LogP contribution in [0.2, 0.25) is 0 Å². The molecule has 2 saturated heterocycles. The molecule has 182 valence electrons. The summed E-state index contributed by atoms with van der Waals surface area (Å²) >= 11 is 1.40. The van der Waals surface area contributed by atoms with E-state index in [1.54, 1.807) is 11.0 Å². The zero-order valence-corrected chi connectivity index (χ0v) is 20.3. The molecule has 0 bridgehead atoms. The van der Waals surface area contributed by atoms with Gasteiger partial charge in [-0.2, -0.15) is 10.4 Å². The molecule has 0 spiro atoms. The zero-order valence-electron chi connectivity index (χ0n) is 19.5. The normalized spacial score (nSPS) is 18.2. The molecule has 2 fully saturated rings. The summed E-state index contributed by atoms with van der Waals surface area (Å²) in [5.74, 6) is -0.642. The van der Waals surface area contributed by atoms with Crippen molar-refractivity contribution in [3.05, 3.63) is 64.9 Å². The van der Waals surface area contributed by atoms with Gasteiger partial charge < -0.3 is 15.4 Å². The van der Waals surface area contributed by atoms with Gasteiger partial charge in [0.1, 0.15) is 11.9 Å². The second-order valence-electron chi connectivity index (χ2n) is 9.39. The molecule has 1 atom stereocenters. The number of likely N-dealkylation sites (tertiary alicyclic amines) is 1. The van der Waals surface area contributed by atoms with Gasteiger partial charge >= 0.3 is 0 Å². The standard InChI is InChI=1S/C27H24FN5O2S/c28-23-9-16(3-4-18(23)11-29)22-10-25(27(34)32-7-1-2-20(30)13-32)36-26(22)17-5-6-24-19(8-17)12-33(31-24)21-14-35-15-21/h3-6,8-10,12,20-21H,1-2,7,13-15,30H2. The number of piperidine rings is 1. The van der Waals surface area contributed by atoms with Gasteiger partial charge in [-0.1, -0.05) is 12.1 Å². The van der Waals surface area contributed by atoms with Crippen LogP contribution in [0.25, 0.3) is 32.5 Å². The van der Waals surface area contributed by atoms with E-state index in [-0.39, 0.29) is 23.6 Å². The van der Waals surface area contributed by atoms with E-state index in [0.29, 0.717) is 36.7 Å². The summed E-state index contributed by atoms with van der Waals surface area (Å²) in [6, 6.07) is 14.5. The predicted octanol–water partition coefficient (Wildman–Crippen LogP) is 4.58. The van der Waals surface area contributed by atoms with Crippen LogP contribution < -0.4 is 5.73 Å². The van der Waals surface area contributed by atoms with Crippen LogP contribution in [0, 0.1) is 17.1 Å². The van der Waals surface area contributed by atoms with Gasteiger partial charge in [-0.3, -0.25) is 9.48 Å². The van der Waals surface area contributed by atoms with Crippen LogP contribution in [-0.4, -0.2) is 52.9 Å². The molecule has 7 nitrogen and oxygen atoms in total. The van der Waals surface area contributed by atoms with E-state index >= 15 is 0 Å². The lowest BCUT2D eigenvalue weighted by atomic mass is 10.00. The minimum absolute atomic E-state index is 0.0112. The number of thiophene rings is 1. The number of nitrogens with two attached hydrogens (primary N) is 1. The van der Waals surface area contributed by atoms with Crippen molar-refractivity contribution in [2.45, 2.75) is 24.9 Å². The van der Waals surface area contributed by atoms with Gasteiger partial charge in [0.15, 0.2) is 0 Å². The first-order valence-corrected chi connectivity index (χ1v) is 12.8. The van der Waals surface area contributed by atoms with E-state index in [2.05, 4.69) is 11.2 Å². The minimum Gasteiger partial charge on any atom is -0.377 e. The SMILES string of the molecule is N#Cc1ccc(-c2cc(C(=O)N3CCCC(N)C3)sc2-c2ccc3nn(C4COC4)cc3c2)cc1F. The number of aromatic nitrogens is 2. The second kappa shape index (κ2) is 9.13. The number of benzene rings is 2. The predicted molar refractivity (Wildman–Crippen MR) is 136 cm³/mol. The largest absolute Gasteiger partial charge is 0.377 e. The number of carbonyl (C=O) groups is 1. The lowest BCUT2D eigenvalue weighted by Crippen LogP contribution is -2.45. The van der Waals surface area contributed by atoms with Gasteiger partial charge in [0, 0.05) is 41.2 Å². The molecule has 1 unspecified atom stereocenters. The van der Waals surface area contributed by atoms with Gasteiger partial charge in [0.25, 0.3) is 5.91 Å². The molecule has 4 aromatic rings. The number of nitriles is 1. The number of hydrogen-bond acceptors (Lipinski definition) is 6. The molecule has 0 radical (unpaired) electrons. The van der Waals surface area contributed by atoms with Gasteiger partial charge in [-0.25, -0.2) is 4.39 Å². The Morgan fingerprint density at radius 3 is 2.75 bits per heavy atom. The van der Waals surface area contributed by atoms with Gasteiger partial charge in [-0.05, 0) is 54.3 Å². The Kier molecular flexibility index (Phi) is 5.80. The number of carbonyl (C=O) groups excluding carboxylic acids is 1. The lowest BCUT2D eigenvalue weighted by molar-refractivity contribution is -0.0283. The Balaban J connectivity index is 1.44. The first-order valence-electron chi connectivity index (χ1n) is 12.0. The Hall–Kier alpha value is -3.58. The topological polar surface area (TPSA) is 97.2 Å². The smallest absolute Gasteiger partial charge is 0.264 e. The Morgan fingerprint density at radius 2 is 2.03 bits per heavy atom. The fourth-order valence-electron chi connectivity index (χ4n) is 4.80. The molecule has 9 heteroatoms. The lowest BCUT2D eigenvalue weighted by Gasteiger charge is -2.30. The average molecular weight is 502 g/mol.